The molecule has 0 spiro atoms. The maximum Gasteiger partial charge on any atom is 0.410 e. The molecule has 1 amide bonds. The van der Waals surface area contributed by atoms with Crippen molar-refractivity contribution in [1.29, 1.82) is 0 Å². The fourth-order valence-corrected chi connectivity index (χ4v) is 5.05. The number of rotatable bonds is 3. The van der Waals surface area contributed by atoms with Gasteiger partial charge in [0.15, 0.2) is 0 Å². The minimum absolute atomic E-state index is 0.233. The zero-order valence-corrected chi connectivity index (χ0v) is 17.2. The first-order valence-corrected chi connectivity index (χ1v) is 10.2. The summed E-state index contributed by atoms with van der Waals surface area (Å²) in [6, 6.07) is 5.89. The summed E-state index contributed by atoms with van der Waals surface area (Å²) in [5, 5.41) is 12.4. The monoisotopic (exact) mass is 375 g/mol. The number of aliphatic hydroxyl groups is 1. The third-order valence-corrected chi connectivity index (χ3v) is 6.53. The van der Waals surface area contributed by atoms with Crippen molar-refractivity contribution >= 4 is 27.5 Å². The number of nitrogens with zero attached hydrogens (tertiary/aromatic N) is 1. The van der Waals surface area contributed by atoms with E-state index in [1.165, 1.54) is 15.8 Å². The summed E-state index contributed by atoms with van der Waals surface area (Å²) in [6.45, 7) is 10.6. The van der Waals surface area contributed by atoms with Gasteiger partial charge in [-0.25, -0.2) is 4.79 Å². The predicted molar refractivity (Wildman–Crippen MR) is 107 cm³/mol. The molecule has 4 nitrogen and oxygen atoms in total. The third-order valence-electron chi connectivity index (χ3n) is 5.02. The Morgan fingerprint density at radius 3 is 2.81 bits per heavy atom. The van der Waals surface area contributed by atoms with E-state index in [0.717, 1.165) is 29.5 Å². The van der Waals surface area contributed by atoms with Crippen molar-refractivity contribution in [1.82, 2.24) is 4.90 Å². The largest absolute Gasteiger partial charge is 0.444 e. The quantitative estimate of drug-likeness (QED) is 0.801. The summed E-state index contributed by atoms with van der Waals surface area (Å²) in [5.41, 5.74) is 1.70. The first-order valence-electron chi connectivity index (χ1n) is 9.41. The summed E-state index contributed by atoms with van der Waals surface area (Å²) in [4.78, 5) is 15.6. The van der Waals surface area contributed by atoms with Crippen LogP contribution in [0, 0.1) is 6.92 Å². The maximum atomic E-state index is 12.6. The van der Waals surface area contributed by atoms with Crippen molar-refractivity contribution in [3.8, 4) is 0 Å². The number of thiophene rings is 1. The van der Waals surface area contributed by atoms with Gasteiger partial charge in [0, 0.05) is 21.7 Å². The van der Waals surface area contributed by atoms with E-state index in [9.17, 15) is 9.90 Å². The van der Waals surface area contributed by atoms with Crippen LogP contribution in [0.25, 0.3) is 10.1 Å². The van der Waals surface area contributed by atoms with Crippen molar-refractivity contribution in [3.05, 3.63) is 34.2 Å². The molecule has 2 heterocycles. The number of likely N-dealkylation sites (tertiary alicyclic amines) is 1. The van der Waals surface area contributed by atoms with E-state index < -0.39 is 11.7 Å². The second-order valence-corrected chi connectivity index (χ2v) is 9.16. The molecule has 26 heavy (non-hydrogen) atoms. The molecule has 1 aliphatic rings. The minimum atomic E-state index is -0.698. The number of ether oxygens (including phenoxy) is 1. The zero-order valence-electron chi connectivity index (χ0n) is 16.3. The molecule has 2 aromatic rings. The van der Waals surface area contributed by atoms with Gasteiger partial charge in [-0.1, -0.05) is 25.1 Å². The van der Waals surface area contributed by atoms with Gasteiger partial charge in [-0.3, -0.25) is 0 Å². The maximum absolute atomic E-state index is 12.6. The smallest absolute Gasteiger partial charge is 0.410 e. The van der Waals surface area contributed by atoms with Crippen molar-refractivity contribution < 1.29 is 14.6 Å². The highest BCUT2D eigenvalue weighted by Crippen LogP contribution is 2.39. The third kappa shape index (κ3) is 3.60. The summed E-state index contributed by atoms with van der Waals surface area (Å²) in [5.74, 6) is 0. The van der Waals surface area contributed by atoms with E-state index >= 15 is 0 Å². The lowest BCUT2D eigenvalue weighted by molar-refractivity contribution is 0.00515. The Morgan fingerprint density at radius 2 is 2.15 bits per heavy atom. The molecular formula is C21H29NO3S. The summed E-state index contributed by atoms with van der Waals surface area (Å²) in [7, 11) is 0. The fraction of sp³-hybridized carbons (Fsp3) is 0.571. The zero-order chi connectivity index (χ0) is 19.1. The lowest BCUT2D eigenvalue weighted by Gasteiger charge is -2.31. The average molecular weight is 376 g/mol. The number of carbonyl (C=O) groups excluding carboxylic acids is 1. The highest BCUT2D eigenvalue weighted by Gasteiger charge is 2.37. The summed E-state index contributed by atoms with van der Waals surface area (Å²) < 4.78 is 6.69. The Kier molecular flexibility index (Phi) is 5.31. The second-order valence-electron chi connectivity index (χ2n) is 8.06. The minimum Gasteiger partial charge on any atom is -0.444 e. The predicted octanol–water partition coefficient (Wildman–Crippen LogP) is 5.21. The van der Waals surface area contributed by atoms with E-state index in [-0.39, 0.29) is 12.1 Å². The van der Waals surface area contributed by atoms with Gasteiger partial charge < -0.3 is 14.7 Å². The number of hydrogen-bond donors (Lipinski definition) is 1. The van der Waals surface area contributed by atoms with Crippen LogP contribution in [0.5, 0.6) is 0 Å². The summed E-state index contributed by atoms with van der Waals surface area (Å²) in [6.07, 6.45) is 1.65. The number of carbonyl (C=O) groups is 1. The summed E-state index contributed by atoms with van der Waals surface area (Å²) >= 11 is 1.76. The SMILES string of the molecule is CCc1sc2c([C@@H](O)[C@H]3CCCN3C(=O)OC(C)(C)C)cccc2c1C. The standard InChI is InChI=1S/C21H29NO3S/c1-6-17-13(2)14-9-7-10-15(19(14)26-17)18(23)16-11-8-12-22(16)20(24)25-21(3,4)5/h7,9-10,16,18,23H,6,8,11-12H2,1-5H3/t16-,18-/m1/s1. The van der Waals surface area contributed by atoms with E-state index in [1.54, 1.807) is 16.2 Å². The lowest BCUT2D eigenvalue weighted by Crippen LogP contribution is -2.42. The molecule has 1 saturated heterocycles. The molecule has 1 fully saturated rings. The van der Waals surface area contributed by atoms with Crippen molar-refractivity contribution in [2.45, 2.75) is 71.6 Å². The van der Waals surface area contributed by atoms with Gasteiger partial charge in [0.2, 0.25) is 0 Å². The average Bonchev–Trinajstić information content (AvgIpc) is 3.17. The van der Waals surface area contributed by atoms with Crippen molar-refractivity contribution in [2.75, 3.05) is 6.54 Å². The number of benzene rings is 1. The molecule has 142 valence electrons. The molecule has 1 N–H and O–H groups in total. The lowest BCUT2D eigenvalue weighted by atomic mass is 9.98. The van der Waals surface area contributed by atoms with Gasteiger partial charge in [0.25, 0.3) is 0 Å². The molecule has 1 aromatic heterocycles. The van der Waals surface area contributed by atoms with Gasteiger partial charge in [0.05, 0.1) is 6.04 Å². The molecule has 3 rings (SSSR count). The first kappa shape index (κ1) is 19.2. The normalized spacial score (nSPS) is 19.2. The number of amides is 1. The molecule has 0 aliphatic carbocycles. The Hall–Kier alpha value is -1.59. The highest BCUT2D eigenvalue weighted by atomic mass is 32.1. The van der Waals surface area contributed by atoms with Gasteiger partial charge in [-0.2, -0.15) is 0 Å². The van der Waals surface area contributed by atoms with Crippen LogP contribution in [-0.4, -0.2) is 34.3 Å². The first-order chi connectivity index (χ1) is 12.2. The van der Waals surface area contributed by atoms with Crippen LogP contribution >= 0.6 is 11.3 Å². The van der Waals surface area contributed by atoms with Crippen LogP contribution in [0.1, 0.15) is 62.6 Å². The van der Waals surface area contributed by atoms with Gasteiger partial charge >= 0.3 is 6.09 Å². The molecule has 1 aliphatic heterocycles. The fourth-order valence-electron chi connectivity index (χ4n) is 3.76. The molecule has 0 bridgehead atoms. The van der Waals surface area contributed by atoms with E-state index in [4.69, 9.17) is 4.74 Å². The van der Waals surface area contributed by atoms with Crippen LogP contribution < -0.4 is 0 Å². The van der Waals surface area contributed by atoms with Gasteiger partial charge in [-0.05, 0) is 57.9 Å². The van der Waals surface area contributed by atoms with Crippen molar-refractivity contribution in [2.24, 2.45) is 0 Å². The number of fused-ring (bicyclic) bond motifs is 1. The van der Waals surface area contributed by atoms with Gasteiger partial charge in [-0.15, -0.1) is 11.3 Å². The Balaban J connectivity index is 1.92. The molecule has 0 unspecified atom stereocenters. The molecular weight excluding hydrogens is 346 g/mol. The Bertz CT molecular complexity index is 805. The van der Waals surface area contributed by atoms with Crippen LogP contribution in [-0.2, 0) is 11.2 Å². The van der Waals surface area contributed by atoms with E-state index in [2.05, 4.69) is 19.9 Å². The molecule has 0 saturated carbocycles. The topological polar surface area (TPSA) is 49.8 Å². The Labute approximate surface area is 159 Å². The highest BCUT2D eigenvalue weighted by molar-refractivity contribution is 7.19. The number of aryl methyl sites for hydroxylation is 2. The number of hydrogen-bond acceptors (Lipinski definition) is 4. The Morgan fingerprint density at radius 1 is 1.42 bits per heavy atom. The van der Waals surface area contributed by atoms with Crippen molar-refractivity contribution in [3.63, 3.8) is 0 Å². The van der Waals surface area contributed by atoms with E-state index in [1.807, 2.05) is 32.9 Å². The molecule has 0 radical (unpaired) electrons. The molecule has 5 heteroatoms. The number of aliphatic hydroxyl groups excluding tert-OH is 1. The second kappa shape index (κ2) is 7.20. The molecule has 2 atom stereocenters. The van der Waals surface area contributed by atoms with Crippen LogP contribution in [0.15, 0.2) is 18.2 Å². The van der Waals surface area contributed by atoms with E-state index in [0.29, 0.717) is 6.54 Å². The molecule has 1 aromatic carbocycles. The van der Waals surface area contributed by atoms with Crippen LogP contribution in [0.3, 0.4) is 0 Å². The van der Waals surface area contributed by atoms with Crippen LogP contribution in [0.4, 0.5) is 4.79 Å². The van der Waals surface area contributed by atoms with Gasteiger partial charge in [0.1, 0.15) is 11.7 Å². The van der Waals surface area contributed by atoms with Crippen LogP contribution in [0.2, 0.25) is 0 Å².